The van der Waals surface area contributed by atoms with Crippen molar-refractivity contribution in [2.75, 3.05) is 0 Å². The highest BCUT2D eigenvalue weighted by Gasteiger charge is 2.09. The molecule has 0 bridgehead atoms. The molecule has 6 heteroatoms. The Hall–Kier alpha value is -2.94. The summed E-state index contributed by atoms with van der Waals surface area (Å²) in [7, 11) is 0. The molecule has 20 heavy (non-hydrogen) atoms. The molecular formula is C14H9FN2O3. The summed E-state index contributed by atoms with van der Waals surface area (Å²) in [5.41, 5.74) is 0.546. The normalized spacial score (nSPS) is 9.80. The number of benzene rings is 1. The summed E-state index contributed by atoms with van der Waals surface area (Å²) in [5, 5.41) is 17.7. The van der Waals surface area contributed by atoms with E-state index in [2.05, 4.69) is 4.98 Å². The van der Waals surface area contributed by atoms with E-state index in [4.69, 9.17) is 15.1 Å². The minimum atomic E-state index is -1.24. The van der Waals surface area contributed by atoms with Gasteiger partial charge in [-0.1, -0.05) is 6.07 Å². The van der Waals surface area contributed by atoms with E-state index in [1.54, 1.807) is 12.1 Å². The largest absolute Gasteiger partial charge is 0.489 e. The van der Waals surface area contributed by atoms with Crippen molar-refractivity contribution in [2.45, 2.75) is 6.61 Å². The Morgan fingerprint density at radius 3 is 2.95 bits per heavy atom. The molecule has 0 saturated carbocycles. The predicted molar refractivity (Wildman–Crippen MR) is 66.6 cm³/mol. The van der Waals surface area contributed by atoms with Crippen molar-refractivity contribution in [1.82, 2.24) is 4.98 Å². The topological polar surface area (TPSA) is 83.2 Å². The van der Waals surface area contributed by atoms with Gasteiger partial charge in [0.1, 0.15) is 29.9 Å². The predicted octanol–water partition coefficient (Wildman–Crippen LogP) is 2.37. The van der Waals surface area contributed by atoms with Gasteiger partial charge in [0.2, 0.25) is 0 Å². The van der Waals surface area contributed by atoms with E-state index in [0.29, 0.717) is 5.56 Å². The summed E-state index contributed by atoms with van der Waals surface area (Å²) >= 11 is 0. The standard InChI is InChI=1S/C14H9FN2O3/c15-11-4-10(14(18)19)5-12(6-11)20-8-9-2-1-3-17-13(9)7-16/h1-6H,8H2,(H,18,19). The lowest BCUT2D eigenvalue weighted by atomic mass is 10.2. The second-order valence-electron chi connectivity index (χ2n) is 3.89. The van der Waals surface area contributed by atoms with E-state index in [9.17, 15) is 9.18 Å². The fourth-order valence-electron chi connectivity index (χ4n) is 1.59. The Labute approximate surface area is 113 Å². The molecule has 0 fully saturated rings. The first-order valence-electron chi connectivity index (χ1n) is 5.61. The fourth-order valence-corrected chi connectivity index (χ4v) is 1.59. The molecule has 1 N–H and O–H groups in total. The third kappa shape index (κ3) is 3.09. The van der Waals surface area contributed by atoms with E-state index < -0.39 is 11.8 Å². The average molecular weight is 272 g/mol. The Morgan fingerprint density at radius 2 is 2.25 bits per heavy atom. The summed E-state index contributed by atoms with van der Waals surface area (Å²) < 4.78 is 18.6. The lowest BCUT2D eigenvalue weighted by Crippen LogP contribution is -2.02. The maximum atomic E-state index is 13.3. The van der Waals surface area contributed by atoms with Crippen LogP contribution in [0.2, 0.25) is 0 Å². The molecule has 0 radical (unpaired) electrons. The molecule has 5 nitrogen and oxygen atoms in total. The van der Waals surface area contributed by atoms with Crippen LogP contribution in [0.4, 0.5) is 4.39 Å². The number of nitriles is 1. The molecule has 0 aliphatic carbocycles. The molecule has 1 aromatic heterocycles. The Balaban J connectivity index is 2.19. The van der Waals surface area contributed by atoms with Crippen molar-refractivity contribution >= 4 is 5.97 Å². The van der Waals surface area contributed by atoms with Crippen LogP contribution >= 0.6 is 0 Å². The zero-order chi connectivity index (χ0) is 14.5. The number of hydrogen-bond donors (Lipinski definition) is 1. The summed E-state index contributed by atoms with van der Waals surface area (Å²) in [4.78, 5) is 14.7. The minimum absolute atomic E-state index is 0.000748. The third-order valence-electron chi connectivity index (χ3n) is 2.51. The van der Waals surface area contributed by atoms with Gasteiger partial charge in [-0.05, 0) is 18.2 Å². The van der Waals surface area contributed by atoms with Crippen LogP contribution in [0.15, 0.2) is 36.5 Å². The molecule has 0 aliphatic rings. The van der Waals surface area contributed by atoms with E-state index in [-0.39, 0.29) is 23.6 Å². The van der Waals surface area contributed by atoms with E-state index in [1.165, 1.54) is 12.3 Å². The third-order valence-corrected chi connectivity index (χ3v) is 2.51. The van der Waals surface area contributed by atoms with Crippen LogP contribution in [0.5, 0.6) is 5.75 Å². The molecule has 0 unspecified atom stereocenters. The van der Waals surface area contributed by atoms with E-state index in [1.807, 2.05) is 6.07 Å². The van der Waals surface area contributed by atoms with Gasteiger partial charge in [0, 0.05) is 17.8 Å². The molecule has 0 saturated heterocycles. The lowest BCUT2D eigenvalue weighted by Gasteiger charge is -2.08. The zero-order valence-electron chi connectivity index (χ0n) is 10.2. The first-order valence-corrected chi connectivity index (χ1v) is 5.61. The fraction of sp³-hybridized carbons (Fsp3) is 0.0714. The van der Waals surface area contributed by atoms with E-state index in [0.717, 1.165) is 12.1 Å². The number of halogens is 1. The highest BCUT2D eigenvalue weighted by molar-refractivity contribution is 5.88. The van der Waals surface area contributed by atoms with Gasteiger partial charge in [0.25, 0.3) is 0 Å². The minimum Gasteiger partial charge on any atom is -0.489 e. The van der Waals surface area contributed by atoms with Gasteiger partial charge in [0.15, 0.2) is 0 Å². The Kier molecular flexibility index (Phi) is 3.91. The number of aromatic nitrogens is 1. The molecule has 0 atom stereocenters. The molecule has 1 heterocycles. The summed E-state index contributed by atoms with van der Waals surface area (Å²) in [6.45, 7) is -0.000748. The number of carboxylic acid groups (broad SMARTS) is 1. The van der Waals surface area contributed by atoms with Gasteiger partial charge < -0.3 is 9.84 Å². The van der Waals surface area contributed by atoms with Crippen LogP contribution in [-0.2, 0) is 6.61 Å². The van der Waals surface area contributed by atoms with Gasteiger partial charge in [-0.2, -0.15) is 5.26 Å². The smallest absolute Gasteiger partial charge is 0.335 e. The maximum absolute atomic E-state index is 13.3. The van der Waals surface area contributed by atoms with Gasteiger partial charge >= 0.3 is 5.97 Å². The highest BCUT2D eigenvalue weighted by atomic mass is 19.1. The van der Waals surface area contributed by atoms with Crippen molar-refractivity contribution in [3.63, 3.8) is 0 Å². The maximum Gasteiger partial charge on any atom is 0.335 e. The number of aromatic carboxylic acids is 1. The number of ether oxygens (including phenoxy) is 1. The van der Waals surface area contributed by atoms with Crippen LogP contribution in [0.3, 0.4) is 0 Å². The molecule has 2 rings (SSSR count). The van der Waals surface area contributed by atoms with E-state index >= 15 is 0 Å². The first kappa shape index (κ1) is 13.5. The summed E-state index contributed by atoms with van der Waals surface area (Å²) in [6.07, 6.45) is 1.48. The van der Waals surface area contributed by atoms with Crippen molar-refractivity contribution < 1.29 is 19.0 Å². The Bertz CT molecular complexity index is 695. The van der Waals surface area contributed by atoms with Crippen LogP contribution in [0.25, 0.3) is 0 Å². The molecule has 0 aliphatic heterocycles. The second-order valence-corrected chi connectivity index (χ2v) is 3.89. The summed E-state index contributed by atoms with van der Waals surface area (Å²) in [5.74, 6) is -1.87. The molecule has 100 valence electrons. The van der Waals surface area contributed by atoms with Crippen LogP contribution in [-0.4, -0.2) is 16.1 Å². The number of carbonyl (C=O) groups is 1. The average Bonchev–Trinajstić information content (AvgIpc) is 2.44. The van der Waals surface area contributed by atoms with Gasteiger partial charge in [-0.3, -0.25) is 0 Å². The van der Waals surface area contributed by atoms with Crippen LogP contribution < -0.4 is 4.74 Å². The monoisotopic (exact) mass is 272 g/mol. The number of carboxylic acids is 1. The summed E-state index contributed by atoms with van der Waals surface area (Å²) in [6, 6.07) is 8.41. The lowest BCUT2D eigenvalue weighted by molar-refractivity contribution is 0.0695. The van der Waals surface area contributed by atoms with Crippen molar-refractivity contribution in [2.24, 2.45) is 0 Å². The van der Waals surface area contributed by atoms with Gasteiger partial charge in [-0.15, -0.1) is 0 Å². The molecule has 1 aromatic carbocycles. The zero-order valence-corrected chi connectivity index (χ0v) is 10.2. The SMILES string of the molecule is N#Cc1ncccc1COc1cc(F)cc(C(=O)O)c1. The van der Waals surface area contributed by atoms with Gasteiger partial charge in [0.05, 0.1) is 5.56 Å². The Morgan fingerprint density at radius 1 is 1.45 bits per heavy atom. The number of rotatable bonds is 4. The highest BCUT2D eigenvalue weighted by Crippen LogP contribution is 2.18. The molecule has 0 spiro atoms. The second kappa shape index (κ2) is 5.80. The molecule has 0 amide bonds. The molecular weight excluding hydrogens is 263 g/mol. The van der Waals surface area contributed by atoms with Crippen molar-refractivity contribution in [3.8, 4) is 11.8 Å². The number of nitrogens with zero attached hydrogens (tertiary/aromatic N) is 2. The number of hydrogen-bond acceptors (Lipinski definition) is 4. The van der Waals surface area contributed by atoms with Crippen LogP contribution in [0.1, 0.15) is 21.6 Å². The molecule has 2 aromatic rings. The first-order chi connectivity index (χ1) is 9.60. The quantitative estimate of drug-likeness (QED) is 0.923. The van der Waals surface area contributed by atoms with Crippen molar-refractivity contribution in [1.29, 1.82) is 5.26 Å². The number of pyridine rings is 1. The van der Waals surface area contributed by atoms with Crippen LogP contribution in [0, 0.1) is 17.1 Å². The van der Waals surface area contributed by atoms with Crippen molar-refractivity contribution in [3.05, 3.63) is 59.2 Å². The van der Waals surface area contributed by atoms with Gasteiger partial charge in [-0.25, -0.2) is 14.2 Å².